The lowest BCUT2D eigenvalue weighted by molar-refractivity contribution is 0.0613. The van der Waals surface area contributed by atoms with Gasteiger partial charge in [-0.1, -0.05) is 13.0 Å². The number of rotatable bonds is 5. The van der Waals surface area contributed by atoms with Gasteiger partial charge < -0.3 is 5.11 Å². The largest absolute Gasteiger partial charge is 0.389 e. The topological polar surface area (TPSA) is 66.4 Å². The van der Waals surface area contributed by atoms with Gasteiger partial charge in [-0.2, -0.15) is 0 Å². The minimum Gasteiger partial charge on any atom is -0.389 e. The van der Waals surface area contributed by atoms with E-state index in [1.165, 1.54) is 0 Å². The molecule has 1 atom stereocenters. The van der Waals surface area contributed by atoms with Gasteiger partial charge in [0.15, 0.2) is 0 Å². The molecule has 0 aliphatic rings. The van der Waals surface area contributed by atoms with Crippen LogP contribution in [0.5, 0.6) is 0 Å². The molecule has 0 spiro atoms. The fraction of sp³-hybridized carbons (Fsp3) is 0.600. The highest BCUT2D eigenvalue weighted by Crippen LogP contribution is 2.26. The Balaban J connectivity index is 3.24. The van der Waals surface area contributed by atoms with Gasteiger partial charge >= 0.3 is 0 Å². The van der Waals surface area contributed by atoms with Crippen molar-refractivity contribution < 1.29 is 13.5 Å². The first-order valence-corrected chi connectivity index (χ1v) is 8.29. The summed E-state index contributed by atoms with van der Waals surface area (Å²) < 4.78 is 27.6. The molecule has 0 aliphatic heterocycles. The number of hydrogen-bond acceptors (Lipinski definition) is 3. The molecule has 5 heteroatoms. The smallest absolute Gasteiger partial charge is 0.241 e. The Morgan fingerprint density at radius 2 is 1.60 bits per heavy atom. The summed E-state index contributed by atoms with van der Waals surface area (Å²) in [5.74, 6) is 0. The maximum atomic E-state index is 12.5. The van der Waals surface area contributed by atoms with Crippen molar-refractivity contribution in [2.75, 3.05) is 6.54 Å². The third kappa shape index (κ3) is 3.59. The van der Waals surface area contributed by atoms with Gasteiger partial charge in [-0.15, -0.1) is 0 Å². The number of benzene rings is 1. The number of hydrogen-bond donors (Lipinski definition) is 2. The van der Waals surface area contributed by atoms with Crippen LogP contribution in [0.2, 0.25) is 0 Å². The molecule has 20 heavy (non-hydrogen) atoms. The molecule has 0 fully saturated rings. The molecule has 0 saturated carbocycles. The molecule has 4 nitrogen and oxygen atoms in total. The van der Waals surface area contributed by atoms with Gasteiger partial charge in [-0.25, -0.2) is 13.1 Å². The molecule has 2 N–H and O–H groups in total. The molecule has 0 bridgehead atoms. The lowest BCUT2D eigenvalue weighted by Gasteiger charge is -2.23. The van der Waals surface area contributed by atoms with Gasteiger partial charge in [0.25, 0.3) is 0 Å². The SMILES string of the molecule is CCC(C)(O)CNS(=O)(=O)c1c(C)c(C)cc(C)c1C. The van der Waals surface area contributed by atoms with E-state index in [0.29, 0.717) is 11.3 Å². The number of aryl methyl sites for hydroxylation is 2. The standard InChI is InChI=1S/C15H25NO3S/c1-7-15(6,17)9-16-20(18,19)14-12(4)10(2)8-11(3)13(14)5/h8,16-17H,7,9H2,1-6H3. The van der Waals surface area contributed by atoms with E-state index in [0.717, 1.165) is 22.3 Å². The van der Waals surface area contributed by atoms with Crippen LogP contribution in [0, 0.1) is 27.7 Å². The van der Waals surface area contributed by atoms with E-state index in [2.05, 4.69) is 4.72 Å². The highest BCUT2D eigenvalue weighted by Gasteiger charge is 2.25. The maximum Gasteiger partial charge on any atom is 0.241 e. The molecule has 114 valence electrons. The van der Waals surface area contributed by atoms with Gasteiger partial charge in [0.05, 0.1) is 10.5 Å². The van der Waals surface area contributed by atoms with Crippen LogP contribution >= 0.6 is 0 Å². The third-order valence-electron chi connectivity index (χ3n) is 3.97. The molecule has 0 amide bonds. The molecular weight excluding hydrogens is 274 g/mol. The summed E-state index contributed by atoms with van der Waals surface area (Å²) in [5.41, 5.74) is 2.40. The zero-order chi connectivity index (χ0) is 15.7. The predicted molar refractivity (Wildman–Crippen MR) is 81.5 cm³/mol. The first kappa shape index (κ1) is 17.1. The van der Waals surface area contributed by atoms with Crippen molar-refractivity contribution in [3.8, 4) is 0 Å². The van der Waals surface area contributed by atoms with Gasteiger partial charge in [-0.05, 0) is 63.3 Å². The molecule has 1 aromatic rings. The van der Waals surface area contributed by atoms with Gasteiger partial charge in [0.1, 0.15) is 0 Å². The van der Waals surface area contributed by atoms with Gasteiger partial charge in [-0.3, -0.25) is 0 Å². The molecule has 0 aromatic heterocycles. The number of nitrogens with one attached hydrogen (secondary N) is 1. The Labute approximate surface area is 122 Å². The maximum absolute atomic E-state index is 12.5. The molecule has 0 heterocycles. The van der Waals surface area contributed by atoms with Crippen LogP contribution in [0.4, 0.5) is 0 Å². The average Bonchev–Trinajstić information content (AvgIpc) is 2.34. The Kier molecular flexibility index (Phi) is 5.00. The number of aliphatic hydroxyl groups is 1. The van der Waals surface area contributed by atoms with Crippen LogP contribution in [0.1, 0.15) is 42.5 Å². The summed E-state index contributed by atoms with van der Waals surface area (Å²) in [6, 6.07) is 1.99. The molecule has 1 aromatic carbocycles. The molecule has 0 saturated heterocycles. The fourth-order valence-corrected chi connectivity index (χ4v) is 3.80. The molecule has 0 aliphatic carbocycles. The lowest BCUT2D eigenvalue weighted by atomic mass is 10.0. The van der Waals surface area contributed by atoms with Gasteiger partial charge in [0.2, 0.25) is 10.0 Å². The van der Waals surface area contributed by atoms with E-state index in [1.807, 2.05) is 40.7 Å². The van der Waals surface area contributed by atoms with Crippen molar-refractivity contribution in [2.45, 2.75) is 58.5 Å². The summed E-state index contributed by atoms with van der Waals surface area (Å²) in [6.45, 7) is 10.9. The predicted octanol–water partition coefficient (Wildman–Crippen LogP) is 2.36. The minimum atomic E-state index is -3.62. The Bertz CT molecular complexity index is 578. The van der Waals surface area contributed by atoms with Crippen molar-refractivity contribution in [1.82, 2.24) is 4.72 Å². The van der Waals surface area contributed by atoms with E-state index in [1.54, 1.807) is 6.92 Å². The highest BCUT2D eigenvalue weighted by molar-refractivity contribution is 7.89. The summed E-state index contributed by atoms with van der Waals surface area (Å²) in [7, 11) is -3.62. The first-order valence-electron chi connectivity index (χ1n) is 6.81. The van der Waals surface area contributed by atoms with Crippen molar-refractivity contribution in [2.24, 2.45) is 0 Å². The summed E-state index contributed by atoms with van der Waals surface area (Å²) in [6.07, 6.45) is 0.486. The van der Waals surface area contributed by atoms with Crippen LogP contribution in [0.3, 0.4) is 0 Å². The first-order chi connectivity index (χ1) is 9.02. The Hall–Kier alpha value is -0.910. The molecule has 0 radical (unpaired) electrons. The van der Waals surface area contributed by atoms with Crippen molar-refractivity contribution in [3.05, 3.63) is 28.3 Å². The zero-order valence-electron chi connectivity index (χ0n) is 13.2. The normalized spacial score (nSPS) is 15.2. The van der Waals surface area contributed by atoms with Crippen molar-refractivity contribution in [1.29, 1.82) is 0 Å². The number of sulfonamides is 1. The van der Waals surface area contributed by atoms with Crippen LogP contribution in [-0.2, 0) is 10.0 Å². The fourth-order valence-electron chi connectivity index (χ4n) is 2.03. The van der Waals surface area contributed by atoms with Crippen molar-refractivity contribution in [3.63, 3.8) is 0 Å². The van der Waals surface area contributed by atoms with Crippen LogP contribution in [0.15, 0.2) is 11.0 Å². The quantitative estimate of drug-likeness (QED) is 0.877. The van der Waals surface area contributed by atoms with Crippen LogP contribution in [-0.4, -0.2) is 25.7 Å². The second-order valence-corrected chi connectivity index (χ2v) is 7.47. The van der Waals surface area contributed by atoms with E-state index in [-0.39, 0.29) is 6.54 Å². The summed E-state index contributed by atoms with van der Waals surface area (Å²) in [4.78, 5) is 0.335. The molecule has 1 rings (SSSR count). The highest BCUT2D eigenvalue weighted by atomic mass is 32.2. The Morgan fingerprint density at radius 1 is 1.15 bits per heavy atom. The van der Waals surface area contributed by atoms with Crippen molar-refractivity contribution >= 4 is 10.0 Å². The monoisotopic (exact) mass is 299 g/mol. The van der Waals surface area contributed by atoms with Crippen LogP contribution < -0.4 is 4.72 Å². The lowest BCUT2D eigenvalue weighted by Crippen LogP contribution is -2.40. The van der Waals surface area contributed by atoms with Crippen LogP contribution in [0.25, 0.3) is 0 Å². The zero-order valence-corrected chi connectivity index (χ0v) is 14.0. The third-order valence-corrected chi connectivity index (χ3v) is 5.64. The van der Waals surface area contributed by atoms with E-state index in [4.69, 9.17) is 0 Å². The second kappa shape index (κ2) is 5.84. The Morgan fingerprint density at radius 3 is 2.00 bits per heavy atom. The summed E-state index contributed by atoms with van der Waals surface area (Å²) >= 11 is 0. The van der Waals surface area contributed by atoms with E-state index in [9.17, 15) is 13.5 Å². The molecule has 1 unspecified atom stereocenters. The minimum absolute atomic E-state index is 0.0116. The average molecular weight is 299 g/mol. The van der Waals surface area contributed by atoms with E-state index >= 15 is 0 Å². The second-order valence-electron chi connectivity index (χ2n) is 5.76. The van der Waals surface area contributed by atoms with E-state index < -0.39 is 15.6 Å². The van der Waals surface area contributed by atoms with Gasteiger partial charge in [0, 0.05) is 6.54 Å². The molecular formula is C15H25NO3S. The summed E-state index contributed by atoms with van der Waals surface area (Å²) in [5, 5.41) is 9.95.